The molecule has 1 aromatic rings. The van der Waals surface area contributed by atoms with Crippen molar-refractivity contribution in [2.24, 2.45) is 16.8 Å². The Morgan fingerprint density at radius 2 is 2.07 bits per heavy atom. The molecule has 0 radical (unpaired) electrons. The minimum Gasteiger partial charge on any atom is -0.469 e. The third-order valence-electron chi connectivity index (χ3n) is 6.38. The Balaban J connectivity index is 0.00000240. The highest BCUT2D eigenvalue weighted by Crippen LogP contribution is 2.26. The molecule has 3 fully saturated rings. The molecule has 0 bridgehead atoms. The molecule has 2 aliphatic heterocycles. The summed E-state index contributed by atoms with van der Waals surface area (Å²) >= 11 is 0. The summed E-state index contributed by atoms with van der Waals surface area (Å²) in [5, 5.41) is 7.22. The zero-order valence-corrected chi connectivity index (χ0v) is 19.8. The number of guanidine groups is 1. The number of halogens is 1. The van der Waals surface area contributed by atoms with E-state index in [-0.39, 0.29) is 24.0 Å². The predicted octanol–water partition coefficient (Wildman–Crippen LogP) is 3.28. The first-order chi connectivity index (χ1) is 13.8. The average molecular weight is 516 g/mol. The molecule has 4 rings (SSSR count). The number of rotatable bonds is 8. The molecule has 29 heavy (non-hydrogen) atoms. The van der Waals surface area contributed by atoms with Gasteiger partial charge in [-0.1, -0.05) is 12.8 Å². The minimum absolute atomic E-state index is 0. The lowest BCUT2D eigenvalue weighted by molar-refractivity contribution is 0.187. The van der Waals surface area contributed by atoms with Crippen molar-refractivity contribution in [2.75, 3.05) is 45.9 Å². The van der Waals surface area contributed by atoms with Crippen molar-refractivity contribution in [3.63, 3.8) is 0 Å². The number of ether oxygens (including phenoxy) is 1. The van der Waals surface area contributed by atoms with Crippen LogP contribution in [0.25, 0.3) is 0 Å². The molecule has 0 spiro atoms. The van der Waals surface area contributed by atoms with Crippen molar-refractivity contribution < 1.29 is 9.15 Å². The van der Waals surface area contributed by atoms with Gasteiger partial charge in [0.05, 0.1) is 12.9 Å². The van der Waals surface area contributed by atoms with E-state index in [2.05, 4.69) is 15.5 Å². The average Bonchev–Trinajstić information content (AvgIpc) is 3.49. The van der Waals surface area contributed by atoms with E-state index in [9.17, 15) is 0 Å². The van der Waals surface area contributed by atoms with Gasteiger partial charge in [0.25, 0.3) is 0 Å². The zero-order valence-electron chi connectivity index (χ0n) is 17.5. The van der Waals surface area contributed by atoms with Crippen molar-refractivity contribution in [1.82, 2.24) is 15.5 Å². The summed E-state index contributed by atoms with van der Waals surface area (Å²) in [6.07, 6.45) is 10.7. The van der Waals surface area contributed by atoms with Crippen LogP contribution < -0.4 is 10.6 Å². The molecular weight excluding hydrogens is 479 g/mol. The number of furan rings is 1. The highest BCUT2D eigenvalue weighted by Gasteiger charge is 2.26. The largest absolute Gasteiger partial charge is 0.469 e. The van der Waals surface area contributed by atoms with E-state index in [4.69, 9.17) is 14.1 Å². The van der Waals surface area contributed by atoms with E-state index in [1.165, 1.54) is 45.2 Å². The van der Waals surface area contributed by atoms with Crippen molar-refractivity contribution in [3.8, 4) is 0 Å². The van der Waals surface area contributed by atoms with Gasteiger partial charge in [-0.25, -0.2) is 0 Å². The summed E-state index contributed by atoms with van der Waals surface area (Å²) in [5.41, 5.74) is 0. The van der Waals surface area contributed by atoms with Gasteiger partial charge in [-0.2, -0.15) is 0 Å². The van der Waals surface area contributed by atoms with E-state index in [0.717, 1.165) is 63.3 Å². The Hall–Kier alpha value is -0.800. The second-order valence-corrected chi connectivity index (χ2v) is 8.72. The highest BCUT2D eigenvalue weighted by atomic mass is 127. The smallest absolute Gasteiger partial charge is 0.191 e. The number of likely N-dealkylation sites (tertiary alicyclic amines) is 1. The van der Waals surface area contributed by atoms with Crippen LogP contribution in [0.1, 0.15) is 44.3 Å². The van der Waals surface area contributed by atoms with E-state index in [0.29, 0.717) is 12.0 Å². The molecule has 1 aliphatic carbocycles. The molecule has 1 saturated carbocycles. The van der Waals surface area contributed by atoms with Crippen LogP contribution in [0.2, 0.25) is 0 Å². The van der Waals surface area contributed by atoms with Crippen LogP contribution in [-0.2, 0) is 11.2 Å². The van der Waals surface area contributed by atoms with Gasteiger partial charge in [0.2, 0.25) is 0 Å². The number of aliphatic imine (C=N–C) groups is 1. The summed E-state index contributed by atoms with van der Waals surface area (Å²) in [4.78, 5) is 7.53. The fraction of sp³-hybridized carbons (Fsp3) is 0.773. The van der Waals surface area contributed by atoms with Crippen molar-refractivity contribution in [2.45, 2.75) is 51.0 Å². The van der Waals surface area contributed by atoms with E-state index in [1.54, 1.807) is 6.26 Å². The molecule has 3 aliphatic rings. The maximum absolute atomic E-state index is 5.50. The molecule has 7 heteroatoms. The molecule has 1 aromatic heterocycles. The van der Waals surface area contributed by atoms with E-state index < -0.39 is 0 Å². The van der Waals surface area contributed by atoms with Gasteiger partial charge in [0.1, 0.15) is 5.76 Å². The van der Waals surface area contributed by atoms with E-state index >= 15 is 0 Å². The molecule has 0 amide bonds. The molecular formula is C22H37IN4O2. The number of nitrogens with one attached hydrogen (secondary N) is 2. The molecule has 164 valence electrons. The molecule has 6 nitrogen and oxygen atoms in total. The second kappa shape index (κ2) is 12.2. The van der Waals surface area contributed by atoms with Crippen LogP contribution in [-0.4, -0.2) is 62.8 Å². The number of hydrogen-bond acceptors (Lipinski definition) is 4. The SMILES string of the molecule is I.c1coc(CCNC(=NCC2CCOC2)NC2CCN(CC3CCCC3)C2)c1. The maximum atomic E-state index is 5.50. The van der Waals surface area contributed by atoms with Gasteiger partial charge in [-0.15, -0.1) is 24.0 Å². The van der Waals surface area contributed by atoms with Crippen LogP contribution in [0, 0.1) is 11.8 Å². The lowest BCUT2D eigenvalue weighted by atomic mass is 10.1. The summed E-state index contributed by atoms with van der Waals surface area (Å²) in [6.45, 7) is 7.05. The fourth-order valence-corrected chi connectivity index (χ4v) is 4.73. The fourth-order valence-electron chi connectivity index (χ4n) is 4.73. The van der Waals surface area contributed by atoms with Crippen LogP contribution in [0.5, 0.6) is 0 Å². The minimum atomic E-state index is 0. The quantitative estimate of drug-likeness (QED) is 0.316. The maximum Gasteiger partial charge on any atom is 0.191 e. The van der Waals surface area contributed by atoms with Gasteiger partial charge in [0.15, 0.2) is 5.96 Å². The Labute approximate surface area is 192 Å². The molecule has 2 atom stereocenters. The van der Waals surface area contributed by atoms with Crippen molar-refractivity contribution >= 4 is 29.9 Å². The standard InChI is InChI=1S/C22H36N4O2.HI/c1-2-5-18(4-1)15-26-11-8-20(16-26)25-22(24-14-19-9-13-27-17-19)23-10-7-21-6-3-12-28-21;/h3,6,12,18-20H,1-2,4-5,7-11,13-17H2,(H2,23,24,25);1H. The van der Waals surface area contributed by atoms with Crippen LogP contribution in [0.3, 0.4) is 0 Å². The normalized spacial score (nSPS) is 26.0. The first-order valence-corrected chi connectivity index (χ1v) is 11.2. The number of nitrogens with zero attached hydrogens (tertiary/aromatic N) is 2. The van der Waals surface area contributed by atoms with Gasteiger partial charge >= 0.3 is 0 Å². The molecule has 2 unspecified atom stereocenters. The Bertz CT molecular complexity index is 598. The third-order valence-corrected chi connectivity index (χ3v) is 6.38. The second-order valence-electron chi connectivity index (χ2n) is 8.72. The summed E-state index contributed by atoms with van der Waals surface area (Å²) in [5.74, 6) is 3.46. The lowest BCUT2D eigenvalue weighted by Gasteiger charge is -2.21. The highest BCUT2D eigenvalue weighted by molar-refractivity contribution is 14.0. The molecule has 2 N–H and O–H groups in total. The van der Waals surface area contributed by atoms with Crippen molar-refractivity contribution in [1.29, 1.82) is 0 Å². The lowest BCUT2D eigenvalue weighted by Crippen LogP contribution is -2.45. The first kappa shape index (κ1) is 22.9. The van der Waals surface area contributed by atoms with Gasteiger partial charge in [-0.05, 0) is 43.7 Å². The van der Waals surface area contributed by atoms with Crippen LogP contribution >= 0.6 is 24.0 Å². The first-order valence-electron chi connectivity index (χ1n) is 11.2. The third kappa shape index (κ3) is 7.43. The monoisotopic (exact) mass is 516 g/mol. The Morgan fingerprint density at radius 1 is 1.17 bits per heavy atom. The van der Waals surface area contributed by atoms with E-state index in [1.807, 2.05) is 12.1 Å². The predicted molar refractivity (Wildman–Crippen MR) is 127 cm³/mol. The van der Waals surface area contributed by atoms with Gasteiger partial charge < -0.3 is 24.7 Å². The molecule has 3 heterocycles. The van der Waals surface area contributed by atoms with Crippen LogP contribution in [0.4, 0.5) is 0 Å². The summed E-state index contributed by atoms with van der Waals surface area (Å²) < 4.78 is 10.9. The van der Waals surface area contributed by atoms with Crippen LogP contribution in [0.15, 0.2) is 27.8 Å². The Morgan fingerprint density at radius 3 is 2.83 bits per heavy atom. The number of hydrogen-bond donors (Lipinski definition) is 2. The topological polar surface area (TPSA) is 62.0 Å². The van der Waals surface area contributed by atoms with Gasteiger partial charge in [0, 0.05) is 57.7 Å². The Kier molecular flexibility index (Phi) is 9.58. The zero-order chi connectivity index (χ0) is 19.0. The summed E-state index contributed by atoms with van der Waals surface area (Å²) in [6, 6.07) is 4.47. The summed E-state index contributed by atoms with van der Waals surface area (Å²) in [7, 11) is 0. The molecule has 0 aromatic carbocycles. The molecule has 2 saturated heterocycles. The van der Waals surface area contributed by atoms with Crippen molar-refractivity contribution in [3.05, 3.63) is 24.2 Å². The van der Waals surface area contributed by atoms with Gasteiger partial charge in [-0.3, -0.25) is 4.99 Å².